The zero-order valence-electron chi connectivity index (χ0n) is 8.30. The third-order valence-electron chi connectivity index (χ3n) is 2.24. The predicted molar refractivity (Wildman–Crippen MR) is 49.8 cm³/mol. The van der Waals surface area contributed by atoms with Gasteiger partial charge in [-0.05, 0) is 11.6 Å². The first-order chi connectivity index (χ1) is 7.10. The third kappa shape index (κ3) is 1.95. The molecule has 0 bridgehead atoms. The Morgan fingerprint density at radius 2 is 2.53 bits per heavy atom. The second-order valence-corrected chi connectivity index (χ2v) is 3.52. The fourth-order valence-corrected chi connectivity index (χ4v) is 1.32. The molecule has 3 N–H and O–H groups in total. The van der Waals surface area contributed by atoms with Gasteiger partial charge in [-0.3, -0.25) is 10.1 Å². The Morgan fingerprint density at radius 3 is 3.07 bits per heavy atom. The van der Waals surface area contributed by atoms with Crippen LogP contribution in [0.1, 0.15) is 6.42 Å². The highest BCUT2D eigenvalue weighted by atomic mass is 16.5. The second kappa shape index (κ2) is 3.55. The van der Waals surface area contributed by atoms with E-state index in [1.165, 1.54) is 4.80 Å². The van der Waals surface area contributed by atoms with E-state index in [-0.39, 0.29) is 18.5 Å². The molecule has 1 fully saturated rings. The van der Waals surface area contributed by atoms with Crippen LogP contribution in [0.15, 0.2) is 0 Å². The quantitative estimate of drug-likeness (QED) is 0.603. The average molecular weight is 212 g/mol. The van der Waals surface area contributed by atoms with Crippen LogP contribution in [0.25, 0.3) is 0 Å². The summed E-state index contributed by atoms with van der Waals surface area (Å²) in [6.07, 6.45) is 0.499. The molecule has 82 valence electrons. The van der Waals surface area contributed by atoms with Crippen molar-refractivity contribution in [3.05, 3.63) is 0 Å². The fourth-order valence-electron chi connectivity index (χ4n) is 1.32. The number of ether oxygens (including phenoxy) is 1. The van der Waals surface area contributed by atoms with Crippen molar-refractivity contribution < 1.29 is 9.53 Å². The number of aryl methyl sites for hydroxylation is 1. The highest BCUT2D eigenvalue weighted by Gasteiger charge is 2.38. The van der Waals surface area contributed by atoms with Gasteiger partial charge in [-0.15, -0.1) is 5.10 Å². The first-order valence-corrected chi connectivity index (χ1v) is 4.52. The van der Waals surface area contributed by atoms with E-state index < -0.39 is 5.54 Å². The number of tetrazole rings is 1. The molecule has 1 aromatic heterocycles. The monoisotopic (exact) mass is 212 g/mol. The molecule has 15 heavy (non-hydrogen) atoms. The van der Waals surface area contributed by atoms with Gasteiger partial charge in [-0.2, -0.15) is 4.80 Å². The van der Waals surface area contributed by atoms with E-state index in [9.17, 15) is 4.79 Å². The number of nitrogens with two attached hydrogens (primary N) is 1. The van der Waals surface area contributed by atoms with Crippen molar-refractivity contribution in [2.45, 2.75) is 12.0 Å². The molecular weight excluding hydrogens is 200 g/mol. The standard InChI is InChI=1S/C7H12N6O2/c1-13-11-6(10-12-13)9-5(14)7(8)2-3-15-4-7/h2-4,8H2,1H3,(H,9,11,14). The molecule has 2 heterocycles. The smallest absolute Gasteiger partial charge is 0.270 e. The molecule has 1 atom stereocenters. The summed E-state index contributed by atoms with van der Waals surface area (Å²) in [5.41, 5.74) is 4.86. The summed E-state index contributed by atoms with van der Waals surface area (Å²) in [7, 11) is 1.61. The number of aromatic nitrogens is 4. The Labute approximate surface area is 85.8 Å². The lowest BCUT2D eigenvalue weighted by atomic mass is 9.99. The minimum absolute atomic E-state index is 0.152. The molecule has 0 saturated carbocycles. The molecule has 0 aliphatic carbocycles. The number of rotatable bonds is 2. The normalized spacial score (nSPS) is 25.5. The number of amides is 1. The lowest BCUT2D eigenvalue weighted by Crippen LogP contribution is -2.51. The molecule has 1 aromatic rings. The molecule has 1 amide bonds. The van der Waals surface area contributed by atoms with Crippen molar-refractivity contribution in [2.24, 2.45) is 12.8 Å². The lowest BCUT2D eigenvalue weighted by Gasteiger charge is -2.18. The van der Waals surface area contributed by atoms with E-state index >= 15 is 0 Å². The maximum atomic E-state index is 11.7. The summed E-state index contributed by atoms with van der Waals surface area (Å²) in [5, 5.41) is 13.5. The van der Waals surface area contributed by atoms with Gasteiger partial charge in [0.1, 0.15) is 5.54 Å². The maximum Gasteiger partial charge on any atom is 0.270 e. The Hall–Kier alpha value is -1.54. The summed E-state index contributed by atoms with van der Waals surface area (Å²) in [6, 6.07) is 0. The van der Waals surface area contributed by atoms with Crippen LogP contribution in [-0.4, -0.2) is 44.9 Å². The van der Waals surface area contributed by atoms with Gasteiger partial charge in [0.15, 0.2) is 0 Å². The van der Waals surface area contributed by atoms with Crippen molar-refractivity contribution in [2.75, 3.05) is 18.5 Å². The van der Waals surface area contributed by atoms with Gasteiger partial charge in [0.05, 0.1) is 13.7 Å². The SMILES string of the molecule is Cn1nnc(NC(=O)C2(N)CCOC2)n1. The van der Waals surface area contributed by atoms with Gasteiger partial charge in [-0.1, -0.05) is 5.10 Å². The molecule has 1 saturated heterocycles. The van der Waals surface area contributed by atoms with Crippen LogP contribution in [0.2, 0.25) is 0 Å². The lowest BCUT2D eigenvalue weighted by molar-refractivity contribution is -0.121. The Bertz CT molecular complexity index is 369. The number of nitrogens with zero attached hydrogens (tertiary/aromatic N) is 4. The largest absolute Gasteiger partial charge is 0.379 e. The van der Waals surface area contributed by atoms with Crippen LogP contribution >= 0.6 is 0 Å². The van der Waals surface area contributed by atoms with E-state index in [2.05, 4.69) is 20.7 Å². The highest BCUT2D eigenvalue weighted by molar-refractivity contribution is 5.96. The van der Waals surface area contributed by atoms with Gasteiger partial charge in [0, 0.05) is 6.61 Å². The van der Waals surface area contributed by atoms with Gasteiger partial charge in [0.25, 0.3) is 5.95 Å². The molecule has 2 rings (SSSR count). The summed E-state index contributed by atoms with van der Waals surface area (Å²) in [4.78, 5) is 13.0. The van der Waals surface area contributed by atoms with Crippen molar-refractivity contribution in [1.29, 1.82) is 0 Å². The minimum Gasteiger partial charge on any atom is -0.379 e. The maximum absolute atomic E-state index is 11.7. The summed E-state index contributed by atoms with van der Waals surface area (Å²) in [5.74, 6) is -0.188. The number of carbonyl (C=O) groups is 1. The fraction of sp³-hybridized carbons (Fsp3) is 0.714. The zero-order valence-corrected chi connectivity index (χ0v) is 8.30. The van der Waals surface area contributed by atoms with Gasteiger partial charge in [0.2, 0.25) is 5.91 Å². The molecule has 0 aromatic carbocycles. The van der Waals surface area contributed by atoms with Gasteiger partial charge < -0.3 is 10.5 Å². The van der Waals surface area contributed by atoms with Gasteiger partial charge >= 0.3 is 0 Å². The number of hydrogen-bond acceptors (Lipinski definition) is 6. The van der Waals surface area contributed by atoms with Crippen LogP contribution in [0.4, 0.5) is 5.95 Å². The van der Waals surface area contributed by atoms with Crippen molar-refractivity contribution in [3.63, 3.8) is 0 Å². The van der Waals surface area contributed by atoms with Crippen LogP contribution in [0, 0.1) is 0 Å². The number of carbonyl (C=O) groups excluding carboxylic acids is 1. The number of hydrogen-bond donors (Lipinski definition) is 2. The van der Waals surface area contributed by atoms with Crippen LogP contribution in [0.3, 0.4) is 0 Å². The molecule has 0 spiro atoms. The third-order valence-corrected chi connectivity index (χ3v) is 2.24. The summed E-state index contributed by atoms with van der Waals surface area (Å²) < 4.78 is 5.08. The summed E-state index contributed by atoms with van der Waals surface area (Å²) in [6.45, 7) is 0.719. The van der Waals surface area contributed by atoms with Crippen LogP contribution in [-0.2, 0) is 16.6 Å². The highest BCUT2D eigenvalue weighted by Crippen LogP contribution is 2.16. The number of nitrogens with one attached hydrogen (secondary N) is 1. The van der Waals surface area contributed by atoms with Crippen LogP contribution in [0.5, 0.6) is 0 Å². The van der Waals surface area contributed by atoms with Crippen molar-refractivity contribution in [1.82, 2.24) is 20.2 Å². The van der Waals surface area contributed by atoms with E-state index in [1.807, 2.05) is 0 Å². The first-order valence-electron chi connectivity index (χ1n) is 4.52. The van der Waals surface area contributed by atoms with E-state index in [0.717, 1.165) is 0 Å². The molecule has 8 heteroatoms. The van der Waals surface area contributed by atoms with Crippen molar-refractivity contribution >= 4 is 11.9 Å². The van der Waals surface area contributed by atoms with E-state index in [1.54, 1.807) is 7.05 Å². The Morgan fingerprint density at radius 1 is 1.73 bits per heavy atom. The molecular formula is C7H12N6O2. The van der Waals surface area contributed by atoms with Crippen LogP contribution < -0.4 is 11.1 Å². The number of anilines is 1. The average Bonchev–Trinajstić information content (AvgIpc) is 2.76. The first kappa shape index (κ1) is 9.99. The topological polar surface area (TPSA) is 108 Å². The zero-order chi connectivity index (χ0) is 10.9. The molecule has 0 radical (unpaired) electrons. The van der Waals surface area contributed by atoms with Gasteiger partial charge in [-0.25, -0.2) is 0 Å². The molecule has 1 aliphatic heterocycles. The molecule has 1 aliphatic rings. The van der Waals surface area contributed by atoms with E-state index in [0.29, 0.717) is 13.0 Å². The van der Waals surface area contributed by atoms with E-state index in [4.69, 9.17) is 10.5 Å². The minimum atomic E-state index is -0.973. The molecule has 1 unspecified atom stereocenters. The Balaban J connectivity index is 2.03. The predicted octanol–water partition coefficient (Wildman–Crippen LogP) is -1.73. The summed E-state index contributed by atoms with van der Waals surface area (Å²) >= 11 is 0. The molecule has 8 nitrogen and oxygen atoms in total. The Kier molecular flexibility index (Phi) is 2.37. The van der Waals surface area contributed by atoms with Crippen molar-refractivity contribution in [3.8, 4) is 0 Å². The second-order valence-electron chi connectivity index (χ2n) is 3.52.